The first-order chi connectivity index (χ1) is 13.2. The number of nitrogens with zero attached hydrogens (tertiary/aromatic N) is 1. The fourth-order valence-electron chi connectivity index (χ4n) is 3.99. The summed E-state index contributed by atoms with van der Waals surface area (Å²) in [6.45, 7) is 8.98. The van der Waals surface area contributed by atoms with Crippen molar-refractivity contribution < 1.29 is 14.7 Å². The lowest BCUT2D eigenvalue weighted by atomic mass is 9.68. The van der Waals surface area contributed by atoms with Crippen LogP contribution >= 0.6 is 11.6 Å². The van der Waals surface area contributed by atoms with Crippen LogP contribution in [-0.4, -0.2) is 28.4 Å². The van der Waals surface area contributed by atoms with Gasteiger partial charge in [-0.3, -0.25) is 9.59 Å². The molecular formula is C23H32ClNO3. The van der Waals surface area contributed by atoms with Gasteiger partial charge in [-0.05, 0) is 47.9 Å². The Balaban J connectivity index is 2.33. The Hall–Kier alpha value is -1.81. The summed E-state index contributed by atoms with van der Waals surface area (Å²) in [5.41, 5.74) is 3.00. The fraction of sp³-hybridized carbons (Fsp3) is 0.565. The maximum absolute atomic E-state index is 12.8. The number of carboxylic acids is 1. The smallest absolute Gasteiger partial charge is 0.303 e. The van der Waals surface area contributed by atoms with Gasteiger partial charge in [-0.1, -0.05) is 57.8 Å². The molecule has 1 amide bonds. The van der Waals surface area contributed by atoms with Crippen LogP contribution in [0.15, 0.2) is 30.0 Å². The van der Waals surface area contributed by atoms with Crippen molar-refractivity contribution in [3.8, 4) is 0 Å². The van der Waals surface area contributed by atoms with Gasteiger partial charge in [0.2, 0.25) is 5.91 Å². The van der Waals surface area contributed by atoms with Crippen LogP contribution in [-0.2, 0) is 21.4 Å². The molecule has 0 saturated carbocycles. The van der Waals surface area contributed by atoms with E-state index < -0.39 is 11.4 Å². The molecule has 1 aromatic rings. The first-order valence-electron chi connectivity index (χ1n) is 10.2. The zero-order valence-corrected chi connectivity index (χ0v) is 18.2. The summed E-state index contributed by atoms with van der Waals surface area (Å²) >= 11 is 6.57. The molecule has 1 heterocycles. The van der Waals surface area contributed by atoms with Gasteiger partial charge in [0.25, 0.3) is 0 Å². The molecule has 1 unspecified atom stereocenters. The molecule has 1 atom stereocenters. The molecule has 1 aliphatic rings. The number of amides is 1. The minimum atomic E-state index is -0.833. The molecule has 4 nitrogen and oxygen atoms in total. The van der Waals surface area contributed by atoms with Gasteiger partial charge in [-0.15, -0.1) is 0 Å². The van der Waals surface area contributed by atoms with E-state index in [2.05, 4.69) is 39.8 Å². The van der Waals surface area contributed by atoms with E-state index in [1.165, 1.54) is 5.57 Å². The molecule has 5 heteroatoms. The minimum Gasteiger partial charge on any atom is -0.481 e. The number of halogens is 1. The molecule has 0 spiro atoms. The van der Waals surface area contributed by atoms with E-state index in [-0.39, 0.29) is 18.2 Å². The van der Waals surface area contributed by atoms with Crippen molar-refractivity contribution in [1.29, 1.82) is 0 Å². The fourth-order valence-corrected chi connectivity index (χ4v) is 4.27. The van der Waals surface area contributed by atoms with Gasteiger partial charge < -0.3 is 10.0 Å². The number of carboxylic acid groups (broad SMARTS) is 1. The van der Waals surface area contributed by atoms with Crippen molar-refractivity contribution in [2.75, 3.05) is 6.54 Å². The Morgan fingerprint density at radius 3 is 2.61 bits per heavy atom. The summed E-state index contributed by atoms with van der Waals surface area (Å²) < 4.78 is 0. The quantitative estimate of drug-likeness (QED) is 0.583. The molecule has 2 rings (SSSR count). The number of allylic oxidation sites excluding steroid dienone is 1. The van der Waals surface area contributed by atoms with Crippen molar-refractivity contribution in [2.24, 2.45) is 5.92 Å². The number of unbranched alkanes of at least 4 members (excludes halogenated alkanes) is 1. The third-order valence-electron chi connectivity index (χ3n) is 5.66. The van der Waals surface area contributed by atoms with Crippen LogP contribution in [0.2, 0.25) is 5.02 Å². The zero-order valence-electron chi connectivity index (χ0n) is 17.4. The maximum atomic E-state index is 12.8. The summed E-state index contributed by atoms with van der Waals surface area (Å²) in [5.74, 6) is -0.540. The summed E-state index contributed by atoms with van der Waals surface area (Å²) in [4.78, 5) is 25.3. The third-order valence-corrected chi connectivity index (χ3v) is 6.01. The number of carbonyl (C=O) groups excluding carboxylic acids is 1. The number of carbonyl (C=O) groups is 2. The summed E-state index contributed by atoms with van der Waals surface area (Å²) in [7, 11) is 0. The minimum absolute atomic E-state index is 0.0310. The molecule has 0 aliphatic carbocycles. The number of aliphatic carboxylic acids is 1. The van der Waals surface area contributed by atoms with Crippen molar-refractivity contribution in [1.82, 2.24) is 4.90 Å². The predicted octanol–water partition coefficient (Wildman–Crippen LogP) is 5.58. The normalized spacial score (nSPS) is 19.9. The Morgan fingerprint density at radius 2 is 2.04 bits per heavy atom. The molecule has 1 N–H and O–H groups in total. The standard InChI is InChI=1S/C23H32ClNO3/c1-5-6-8-17-10-11-18(13-20(17)24)23(4)14-21(26)25(12-7-9-22(27)28)15-19(23)16(2)3/h10-11,13,15-16H,5-9,12,14H2,1-4H3,(H,27,28). The van der Waals surface area contributed by atoms with E-state index in [0.29, 0.717) is 19.4 Å². The number of hydrogen-bond donors (Lipinski definition) is 1. The van der Waals surface area contributed by atoms with Crippen LogP contribution < -0.4 is 0 Å². The van der Waals surface area contributed by atoms with Crippen LogP contribution in [0.3, 0.4) is 0 Å². The summed E-state index contributed by atoms with van der Waals surface area (Å²) in [6.07, 6.45) is 6.04. The van der Waals surface area contributed by atoms with Crippen LogP contribution in [0.5, 0.6) is 0 Å². The SMILES string of the molecule is CCCCc1ccc(C2(C)CC(=O)N(CCCC(=O)O)C=C2C(C)C)cc1Cl. The highest BCUT2D eigenvalue weighted by molar-refractivity contribution is 6.31. The highest BCUT2D eigenvalue weighted by Crippen LogP contribution is 2.43. The average molecular weight is 406 g/mol. The number of hydrogen-bond acceptors (Lipinski definition) is 2. The van der Waals surface area contributed by atoms with Gasteiger partial charge in [-0.25, -0.2) is 0 Å². The average Bonchev–Trinajstić information content (AvgIpc) is 2.61. The second-order valence-electron chi connectivity index (χ2n) is 8.24. The van der Waals surface area contributed by atoms with Crippen LogP contribution in [0.1, 0.15) is 70.9 Å². The Labute approximate surface area is 173 Å². The summed E-state index contributed by atoms with van der Waals surface area (Å²) in [5, 5.41) is 9.62. The predicted molar refractivity (Wildman–Crippen MR) is 114 cm³/mol. The Morgan fingerprint density at radius 1 is 1.32 bits per heavy atom. The number of rotatable bonds is 9. The zero-order chi connectivity index (χ0) is 20.9. The van der Waals surface area contributed by atoms with E-state index >= 15 is 0 Å². The third kappa shape index (κ3) is 5.16. The van der Waals surface area contributed by atoms with Gasteiger partial charge in [-0.2, -0.15) is 0 Å². The summed E-state index contributed by atoms with van der Waals surface area (Å²) in [6, 6.07) is 6.23. The van der Waals surface area contributed by atoms with Gasteiger partial charge >= 0.3 is 5.97 Å². The van der Waals surface area contributed by atoms with Crippen molar-refractivity contribution in [3.63, 3.8) is 0 Å². The molecular weight excluding hydrogens is 374 g/mol. The largest absolute Gasteiger partial charge is 0.481 e. The first-order valence-corrected chi connectivity index (χ1v) is 10.6. The lowest BCUT2D eigenvalue weighted by Gasteiger charge is -2.41. The number of benzene rings is 1. The first kappa shape index (κ1) is 22.5. The molecule has 0 aromatic heterocycles. The van der Waals surface area contributed by atoms with Crippen LogP contribution in [0.25, 0.3) is 0 Å². The Bertz CT molecular complexity index is 756. The molecule has 154 valence electrons. The van der Waals surface area contributed by atoms with E-state index in [4.69, 9.17) is 16.7 Å². The maximum Gasteiger partial charge on any atom is 0.303 e. The van der Waals surface area contributed by atoms with E-state index in [9.17, 15) is 9.59 Å². The van der Waals surface area contributed by atoms with E-state index in [0.717, 1.165) is 35.4 Å². The molecule has 0 saturated heterocycles. The second kappa shape index (κ2) is 9.60. The van der Waals surface area contributed by atoms with E-state index in [1.54, 1.807) is 4.90 Å². The lowest BCUT2D eigenvalue weighted by molar-refractivity contribution is -0.138. The van der Waals surface area contributed by atoms with E-state index in [1.807, 2.05) is 12.3 Å². The van der Waals surface area contributed by atoms with Crippen molar-refractivity contribution in [2.45, 2.75) is 71.6 Å². The van der Waals surface area contributed by atoms with Crippen molar-refractivity contribution >= 4 is 23.5 Å². The van der Waals surface area contributed by atoms with Crippen LogP contribution in [0, 0.1) is 5.92 Å². The highest BCUT2D eigenvalue weighted by Gasteiger charge is 2.40. The molecule has 0 radical (unpaired) electrons. The lowest BCUT2D eigenvalue weighted by Crippen LogP contribution is -2.42. The number of aryl methyl sites for hydroxylation is 1. The monoisotopic (exact) mass is 405 g/mol. The van der Waals surface area contributed by atoms with Gasteiger partial charge in [0.1, 0.15) is 0 Å². The van der Waals surface area contributed by atoms with Gasteiger partial charge in [0.15, 0.2) is 0 Å². The van der Waals surface area contributed by atoms with Crippen molar-refractivity contribution in [3.05, 3.63) is 46.1 Å². The van der Waals surface area contributed by atoms with Gasteiger partial charge in [0.05, 0.1) is 0 Å². The molecule has 1 aliphatic heterocycles. The molecule has 28 heavy (non-hydrogen) atoms. The Kier molecular flexibility index (Phi) is 7.70. The van der Waals surface area contributed by atoms with Crippen LogP contribution in [0.4, 0.5) is 0 Å². The molecule has 0 fully saturated rings. The van der Waals surface area contributed by atoms with Gasteiger partial charge in [0, 0.05) is 36.0 Å². The molecule has 0 bridgehead atoms. The second-order valence-corrected chi connectivity index (χ2v) is 8.65. The topological polar surface area (TPSA) is 57.6 Å². The molecule has 1 aromatic carbocycles. The highest BCUT2D eigenvalue weighted by atomic mass is 35.5.